The summed E-state index contributed by atoms with van der Waals surface area (Å²) in [5, 5.41) is 12.0. The van der Waals surface area contributed by atoms with E-state index in [1.54, 1.807) is 0 Å². The van der Waals surface area contributed by atoms with E-state index in [4.69, 9.17) is 4.74 Å². The molecule has 2 heterocycles. The van der Waals surface area contributed by atoms with Gasteiger partial charge in [-0.25, -0.2) is 0 Å². The first-order valence-corrected chi connectivity index (χ1v) is 7.01. The van der Waals surface area contributed by atoms with Crippen LogP contribution in [0.4, 0.5) is 5.69 Å². The number of hydrogen-bond donors (Lipinski definition) is 2. The molecule has 0 amide bonds. The summed E-state index contributed by atoms with van der Waals surface area (Å²) in [5.74, 6) is 0. The van der Waals surface area contributed by atoms with Gasteiger partial charge in [-0.1, -0.05) is 15.9 Å². The summed E-state index contributed by atoms with van der Waals surface area (Å²) >= 11 is 3.61. The van der Waals surface area contributed by atoms with E-state index in [1.807, 2.05) is 6.20 Å². The van der Waals surface area contributed by atoms with Crippen molar-refractivity contribution < 1.29 is 4.74 Å². The number of benzene rings is 1. The van der Waals surface area contributed by atoms with Crippen molar-refractivity contribution in [3.63, 3.8) is 0 Å². The molecule has 0 unspecified atom stereocenters. The minimum atomic E-state index is 0.484. The molecule has 1 aliphatic rings. The summed E-state index contributed by atoms with van der Waals surface area (Å²) in [4.78, 5) is 0. The van der Waals surface area contributed by atoms with E-state index < -0.39 is 0 Å². The summed E-state index contributed by atoms with van der Waals surface area (Å²) in [6, 6.07) is 2.59. The second kappa shape index (κ2) is 4.90. The molecule has 1 aromatic carbocycles. The number of anilines is 1. The quantitative estimate of drug-likeness (QED) is 0.895. The molecule has 1 aliphatic heterocycles. The minimum absolute atomic E-state index is 0.484. The molecular formula is C13H16BrN3O. The fourth-order valence-corrected chi connectivity index (χ4v) is 2.83. The molecular weight excluding hydrogens is 294 g/mol. The molecule has 0 atom stereocenters. The van der Waals surface area contributed by atoms with Gasteiger partial charge in [0.2, 0.25) is 0 Å². The number of aromatic amines is 1. The number of rotatable bonds is 2. The maximum atomic E-state index is 5.39. The lowest BCUT2D eigenvalue weighted by atomic mass is 10.1. The Bertz CT molecular complexity index is 561. The summed E-state index contributed by atoms with van der Waals surface area (Å²) in [7, 11) is 0. The van der Waals surface area contributed by atoms with E-state index in [2.05, 4.69) is 44.4 Å². The van der Waals surface area contributed by atoms with Gasteiger partial charge in [0, 0.05) is 29.1 Å². The van der Waals surface area contributed by atoms with Gasteiger partial charge in [0.25, 0.3) is 0 Å². The molecule has 0 bridgehead atoms. The fraction of sp³-hybridized carbons (Fsp3) is 0.462. The van der Waals surface area contributed by atoms with Gasteiger partial charge in [-0.05, 0) is 31.4 Å². The Hall–Kier alpha value is -1.07. The second-order valence-electron chi connectivity index (χ2n) is 4.72. The normalized spacial score (nSPS) is 17.2. The van der Waals surface area contributed by atoms with Crippen LogP contribution in [0.15, 0.2) is 16.7 Å². The topological polar surface area (TPSA) is 49.9 Å². The van der Waals surface area contributed by atoms with Gasteiger partial charge in [-0.15, -0.1) is 0 Å². The van der Waals surface area contributed by atoms with E-state index in [-0.39, 0.29) is 0 Å². The summed E-state index contributed by atoms with van der Waals surface area (Å²) in [6.45, 7) is 3.81. The first-order valence-electron chi connectivity index (χ1n) is 6.22. The Morgan fingerprint density at radius 1 is 1.44 bits per heavy atom. The molecule has 5 heteroatoms. The van der Waals surface area contributed by atoms with Crippen LogP contribution in [0.5, 0.6) is 0 Å². The predicted molar refractivity (Wildman–Crippen MR) is 76.0 cm³/mol. The first kappa shape index (κ1) is 12.0. The average Bonchev–Trinajstić information content (AvgIpc) is 2.84. The van der Waals surface area contributed by atoms with E-state index in [0.29, 0.717) is 6.04 Å². The van der Waals surface area contributed by atoms with E-state index >= 15 is 0 Å². The third-order valence-electron chi connectivity index (χ3n) is 3.50. The highest BCUT2D eigenvalue weighted by molar-refractivity contribution is 9.10. The number of nitrogens with one attached hydrogen (secondary N) is 2. The Kier molecular flexibility index (Phi) is 3.26. The van der Waals surface area contributed by atoms with Gasteiger partial charge < -0.3 is 10.1 Å². The summed E-state index contributed by atoms with van der Waals surface area (Å²) in [6.07, 6.45) is 3.97. The predicted octanol–water partition coefficient (Wildman–Crippen LogP) is 3.22. The third-order valence-corrected chi connectivity index (χ3v) is 4.33. The lowest BCUT2D eigenvalue weighted by molar-refractivity contribution is 0.0904. The van der Waals surface area contributed by atoms with Crippen LogP contribution in [0.25, 0.3) is 10.9 Å². The Morgan fingerprint density at radius 3 is 3.00 bits per heavy atom. The number of ether oxygens (including phenoxy) is 1. The summed E-state index contributed by atoms with van der Waals surface area (Å²) in [5.41, 5.74) is 3.46. The number of fused-ring (bicyclic) bond motifs is 1. The zero-order valence-corrected chi connectivity index (χ0v) is 11.9. The van der Waals surface area contributed by atoms with E-state index in [0.717, 1.165) is 47.1 Å². The zero-order chi connectivity index (χ0) is 12.5. The van der Waals surface area contributed by atoms with Crippen molar-refractivity contribution in [1.29, 1.82) is 0 Å². The van der Waals surface area contributed by atoms with Crippen molar-refractivity contribution in [1.82, 2.24) is 10.2 Å². The molecule has 2 N–H and O–H groups in total. The van der Waals surface area contributed by atoms with Crippen molar-refractivity contribution in [3.8, 4) is 0 Å². The van der Waals surface area contributed by atoms with E-state index in [1.165, 1.54) is 5.56 Å². The molecule has 18 heavy (non-hydrogen) atoms. The standard InChI is InChI=1S/C13H16BrN3O/c1-8-11(14)6-9-7-15-17-13(9)12(8)16-10-2-4-18-5-3-10/h6-7,10,16H,2-5H2,1H3,(H,15,17). The Balaban J connectivity index is 1.98. The largest absolute Gasteiger partial charge is 0.381 e. The van der Waals surface area contributed by atoms with Crippen LogP contribution in [-0.4, -0.2) is 29.5 Å². The molecule has 1 aromatic heterocycles. The number of aromatic nitrogens is 2. The highest BCUT2D eigenvalue weighted by Crippen LogP contribution is 2.33. The van der Waals surface area contributed by atoms with Gasteiger partial charge >= 0.3 is 0 Å². The highest BCUT2D eigenvalue weighted by atomic mass is 79.9. The van der Waals surface area contributed by atoms with Gasteiger partial charge in [0.1, 0.15) is 0 Å². The Morgan fingerprint density at radius 2 is 2.22 bits per heavy atom. The van der Waals surface area contributed by atoms with Crippen LogP contribution in [-0.2, 0) is 4.74 Å². The second-order valence-corrected chi connectivity index (χ2v) is 5.58. The van der Waals surface area contributed by atoms with Gasteiger partial charge in [0.15, 0.2) is 0 Å². The van der Waals surface area contributed by atoms with Crippen LogP contribution in [0.3, 0.4) is 0 Å². The molecule has 3 rings (SSSR count). The van der Waals surface area contributed by atoms with Crippen LogP contribution >= 0.6 is 15.9 Å². The molecule has 2 aromatic rings. The van der Waals surface area contributed by atoms with Crippen molar-refractivity contribution in [3.05, 3.63) is 22.3 Å². The Labute approximate surface area is 114 Å². The third kappa shape index (κ3) is 2.12. The number of H-pyrrole nitrogens is 1. The number of nitrogens with zero attached hydrogens (tertiary/aromatic N) is 1. The first-order chi connectivity index (χ1) is 8.75. The fourth-order valence-electron chi connectivity index (χ4n) is 2.38. The molecule has 0 radical (unpaired) electrons. The van der Waals surface area contributed by atoms with Crippen LogP contribution in [0.2, 0.25) is 0 Å². The minimum Gasteiger partial charge on any atom is -0.381 e. The SMILES string of the molecule is Cc1c(Br)cc2cn[nH]c2c1NC1CCOCC1. The van der Waals surface area contributed by atoms with Crippen molar-refractivity contribution in [2.75, 3.05) is 18.5 Å². The number of halogens is 1. The molecule has 0 saturated carbocycles. The highest BCUT2D eigenvalue weighted by Gasteiger charge is 2.17. The smallest absolute Gasteiger partial charge is 0.0885 e. The van der Waals surface area contributed by atoms with Gasteiger partial charge in [0.05, 0.1) is 17.4 Å². The number of hydrogen-bond acceptors (Lipinski definition) is 3. The molecule has 96 valence electrons. The lowest BCUT2D eigenvalue weighted by Crippen LogP contribution is -2.28. The summed E-state index contributed by atoms with van der Waals surface area (Å²) < 4.78 is 6.51. The van der Waals surface area contributed by atoms with Crippen molar-refractivity contribution in [2.24, 2.45) is 0 Å². The molecule has 1 saturated heterocycles. The molecule has 0 aliphatic carbocycles. The van der Waals surface area contributed by atoms with Crippen molar-refractivity contribution in [2.45, 2.75) is 25.8 Å². The van der Waals surface area contributed by atoms with Crippen LogP contribution in [0.1, 0.15) is 18.4 Å². The molecule has 0 spiro atoms. The molecule has 4 nitrogen and oxygen atoms in total. The van der Waals surface area contributed by atoms with Crippen LogP contribution in [0, 0.1) is 6.92 Å². The van der Waals surface area contributed by atoms with Gasteiger partial charge in [-0.2, -0.15) is 5.10 Å². The monoisotopic (exact) mass is 309 g/mol. The van der Waals surface area contributed by atoms with Crippen LogP contribution < -0.4 is 5.32 Å². The van der Waals surface area contributed by atoms with Crippen molar-refractivity contribution >= 4 is 32.5 Å². The van der Waals surface area contributed by atoms with E-state index in [9.17, 15) is 0 Å². The molecule has 1 fully saturated rings. The lowest BCUT2D eigenvalue weighted by Gasteiger charge is -2.25. The maximum absolute atomic E-state index is 5.39. The maximum Gasteiger partial charge on any atom is 0.0885 e. The zero-order valence-electron chi connectivity index (χ0n) is 10.3. The average molecular weight is 310 g/mol. The van der Waals surface area contributed by atoms with Gasteiger partial charge in [-0.3, -0.25) is 5.10 Å².